The third-order valence-corrected chi connectivity index (χ3v) is 4.81. The highest BCUT2D eigenvalue weighted by molar-refractivity contribution is 7.99. The molecule has 0 fully saturated rings. The van der Waals surface area contributed by atoms with Gasteiger partial charge in [-0.25, -0.2) is 9.97 Å². The van der Waals surface area contributed by atoms with Crippen LogP contribution in [0, 0.1) is 13.8 Å². The number of carbonyl (C=O) groups is 2. The number of esters is 1. The molecule has 1 heterocycles. The first-order valence-electron chi connectivity index (χ1n) is 9.17. The first kappa shape index (κ1) is 22.7. The van der Waals surface area contributed by atoms with Gasteiger partial charge in [-0.3, -0.25) is 9.59 Å². The molecule has 0 radical (unpaired) electrons. The molecule has 156 valence electrons. The molecule has 0 unspecified atom stereocenters. The Morgan fingerprint density at radius 2 is 1.76 bits per heavy atom. The van der Waals surface area contributed by atoms with Crippen molar-refractivity contribution in [3.63, 3.8) is 0 Å². The number of ether oxygens (including phenoxy) is 2. The first-order valence-corrected chi connectivity index (χ1v) is 10.2. The quantitative estimate of drug-likeness (QED) is 0.417. The molecule has 0 aliphatic carbocycles. The Labute approximate surface area is 175 Å². The Balaban J connectivity index is 1.90. The van der Waals surface area contributed by atoms with Crippen LogP contribution in [0.5, 0.6) is 5.75 Å². The predicted molar refractivity (Wildman–Crippen MR) is 114 cm³/mol. The fourth-order valence-corrected chi connectivity index (χ4v) is 3.28. The van der Waals surface area contributed by atoms with Gasteiger partial charge in [0.2, 0.25) is 0 Å². The van der Waals surface area contributed by atoms with Crippen molar-refractivity contribution in [3.05, 3.63) is 41.2 Å². The van der Waals surface area contributed by atoms with Gasteiger partial charge in [0.1, 0.15) is 5.75 Å². The summed E-state index contributed by atoms with van der Waals surface area (Å²) in [5.74, 6) is -0.377. The SMILES string of the molecule is COc1ccc(C(C)(C)C)cc1NC(=O)COC(=O)CSc1nc(C)cc(C)n1. The molecule has 29 heavy (non-hydrogen) atoms. The summed E-state index contributed by atoms with van der Waals surface area (Å²) in [7, 11) is 1.54. The van der Waals surface area contributed by atoms with Crippen LogP contribution >= 0.6 is 11.8 Å². The van der Waals surface area contributed by atoms with Crippen LogP contribution in [0.2, 0.25) is 0 Å². The number of methoxy groups -OCH3 is 1. The number of anilines is 1. The van der Waals surface area contributed by atoms with Crippen LogP contribution < -0.4 is 10.1 Å². The number of hydrogen-bond acceptors (Lipinski definition) is 7. The van der Waals surface area contributed by atoms with Gasteiger partial charge in [-0.2, -0.15) is 0 Å². The summed E-state index contributed by atoms with van der Waals surface area (Å²) in [6, 6.07) is 7.49. The van der Waals surface area contributed by atoms with Crippen molar-refractivity contribution >= 4 is 29.3 Å². The average Bonchev–Trinajstić information content (AvgIpc) is 2.63. The van der Waals surface area contributed by atoms with Gasteiger partial charge in [0.05, 0.1) is 18.6 Å². The number of hydrogen-bond donors (Lipinski definition) is 1. The molecule has 1 amide bonds. The fourth-order valence-electron chi connectivity index (χ4n) is 2.53. The summed E-state index contributed by atoms with van der Waals surface area (Å²) in [6.45, 7) is 9.60. The molecule has 0 aliphatic heterocycles. The summed E-state index contributed by atoms with van der Waals surface area (Å²) >= 11 is 1.17. The van der Waals surface area contributed by atoms with E-state index in [-0.39, 0.29) is 17.8 Å². The number of aryl methyl sites for hydroxylation is 2. The monoisotopic (exact) mass is 417 g/mol. The van der Waals surface area contributed by atoms with Crippen LogP contribution in [0.25, 0.3) is 0 Å². The normalized spacial score (nSPS) is 11.1. The second-order valence-electron chi connectivity index (χ2n) is 7.60. The summed E-state index contributed by atoms with van der Waals surface area (Å²) in [5.41, 5.74) is 3.18. The Hall–Kier alpha value is -2.61. The molecular formula is C21H27N3O4S. The van der Waals surface area contributed by atoms with Crippen molar-refractivity contribution in [1.29, 1.82) is 0 Å². The maximum atomic E-state index is 12.2. The van der Waals surface area contributed by atoms with E-state index in [4.69, 9.17) is 9.47 Å². The molecule has 1 aromatic heterocycles. The zero-order valence-corrected chi connectivity index (χ0v) is 18.5. The van der Waals surface area contributed by atoms with E-state index in [0.29, 0.717) is 16.6 Å². The standard InChI is InChI=1S/C21H27N3O4S/c1-13-9-14(2)23-20(22-13)29-12-19(26)28-11-18(25)24-16-10-15(21(3,4)5)7-8-17(16)27-6/h7-10H,11-12H2,1-6H3,(H,24,25). The molecule has 1 aromatic carbocycles. The number of aromatic nitrogens is 2. The van der Waals surface area contributed by atoms with Gasteiger partial charge >= 0.3 is 5.97 Å². The van der Waals surface area contributed by atoms with E-state index < -0.39 is 11.9 Å². The average molecular weight is 418 g/mol. The minimum atomic E-state index is -0.511. The first-order chi connectivity index (χ1) is 13.6. The Bertz CT molecular complexity index is 874. The highest BCUT2D eigenvalue weighted by Gasteiger charge is 2.17. The van der Waals surface area contributed by atoms with E-state index in [1.54, 1.807) is 0 Å². The predicted octanol–water partition coefficient (Wildman–Crippen LogP) is 3.67. The number of carbonyl (C=O) groups excluding carboxylic acids is 2. The van der Waals surface area contributed by atoms with Crippen LogP contribution in [0.15, 0.2) is 29.4 Å². The third kappa shape index (κ3) is 7.05. The number of benzene rings is 1. The maximum Gasteiger partial charge on any atom is 0.316 e. The minimum Gasteiger partial charge on any atom is -0.495 e. The minimum absolute atomic E-state index is 0.0268. The van der Waals surface area contributed by atoms with Crippen molar-refractivity contribution in [3.8, 4) is 5.75 Å². The number of thioether (sulfide) groups is 1. The van der Waals surface area contributed by atoms with Gasteiger partial charge in [-0.15, -0.1) is 0 Å². The summed E-state index contributed by atoms with van der Waals surface area (Å²) in [4.78, 5) is 32.7. The van der Waals surface area contributed by atoms with Gasteiger partial charge < -0.3 is 14.8 Å². The molecule has 8 heteroatoms. The van der Waals surface area contributed by atoms with Crippen LogP contribution in [0.4, 0.5) is 5.69 Å². The van der Waals surface area contributed by atoms with Crippen LogP contribution in [0.3, 0.4) is 0 Å². The van der Waals surface area contributed by atoms with Crippen LogP contribution in [-0.2, 0) is 19.7 Å². The molecular weight excluding hydrogens is 390 g/mol. The number of nitrogens with one attached hydrogen (secondary N) is 1. The second kappa shape index (κ2) is 9.73. The number of amides is 1. The molecule has 0 saturated carbocycles. The largest absolute Gasteiger partial charge is 0.495 e. The van der Waals surface area contributed by atoms with E-state index in [1.165, 1.54) is 18.9 Å². The molecule has 2 rings (SSSR count). The molecule has 0 atom stereocenters. The smallest absolute Gasteiger partial charge is 0.316 e. The van der Waals surface area contributed by atoms with Crippen molar-refractivity contribution in [1.82, 2.24) is 9.97 Å². The van der Waals surface area contributed by atoms with Crippen molar-refractivity contribution < 1.29 is 19.1 Å². The lowest BCUT2D eigenvalue weighted by Gasteiger charge is -2.21. The highest BCUT2D eigenvalue weighted by atomic mass is 32.2. The molecule has 0 saturated heterocycles. The zero-order chi connectivity index (χ0) is 21.6. The molecule has 1 N–H and O–H groups in total. The number of rotatable bonds is 7. The lowest BCUT2D eigenvalue weighted by atomic mass is 9.87. The number of nitrogens with zero attached hydrogens (tertiary/aromatic N) is 2. The van der Waals surface area contributed by atoms with Crippen molar-refractivity contribution in [2.24, 2.45) is 0 Å². The topological polar surface area (TPSA) is 90.4 Å². The van der Waals surface area contributed by atoms with Gasteiger partial charge in [0, 0.05) is 11.4 Å². The van der Waals surface area contributed by atoms with Crippen LogP contribution in [0.1, 0.15) is 37.7 Å². The van der Waals surface area contributed by atoms with Crippen LogP contribution in [-0.4, -0.2) is 41.3 Å². The molecule has 0 aliphatic rings. The molecule has 0 bridgehead atoms. The lowest BCUT2D eigenvalue weighted by molar-refractivity contribution is -0.144. The van der Waals surface area contributed by atoms with E-state index in [9.17, 15) is 9.59 Å². The Kier molecular flexibility index (Phi) is 7.61. The summed E-state index contributed by atoms with van der Waals surface area (Å²) in [6.07, 6.45) is 0. The fraction of sp³-hybridized carbons (Fsp3) is 0.429. The molecule has 0 spiro atoms. The molecule has 2 aromatic rings. The molecule has 7 nitrogen and oxygen atoms in total. The van der Waals surface area contributed by atoms with Gasteiger partial charge in [-0.05, 0) is 43.0 Å². The summed E-state index contributed by atoms with van der Waals surface area (Å²) < 4.78 is 10.4. The van der Waals surface area contributed by atoms with E-state index in [2.05, 4.69) is 36.1 Å². The van der Waals surface area contributed by atoms with E-state index in [1.807, 2.05) is 38.1 Å². The van der Waals surface area contributed by atoms with Gasteiger partial charge in [-0.1, -0.05) is 38.6 Å². The highest BCUT2D eigenvalue weighted by Crippen LogP contribution is 2.31. The summed E-state index contributed by atoms with van der Waals surface area (Å²) in [5, 5.41) is 3.25. The zero-order valence-electron chi connectivity index (χ0n) is 17.7. The second-order valence-corrected chi connectivity index (χ2v) is 8.54. The Morgan fingerprint density at radius 3 is 2.34 bits per heavy atom. The van der Waals surface area contributed by atoms with Crippen molar-refractivity contribution in [2.45, 2.75) is 45.2 Å². The lowest BCUT2D eigenvalue weighted by Crippen LogP contribution is -2.22. The maximum absolute atomic E-state index is 12.2. The third-order valence-electron chi connectivity index (χ3n) is 3.98. The van der Waals surface area contributed by atoms with Gasteiger partial charge in [0.15, 0.2) is 11.8 Å². The van der Waals surface area contributed by atoms with E-state index >= 15 is 0 Å². The van der Waals surface area contributed by atoms with Crippen molar-refractivity contribution in [2.75, 3.05) is 24.8 Å². The van der Waals surface area contributed by atoms with E-state index in [0.717, 1.165) is 17.0 Å². The van der Waals surface area contributed by atoms with Gasteiger partial charge in [0.25, 0.3) is 5.91 Å². The Morgan fingerprint density at radius 1 is 1.10 bits per heavy atom.